The van der Waals surface area contributed by atoms with Gasteiger partial charge in [0.15, 0.2) is 5.16 Å². The Bertz CT molecular complexity index is 966. The fourth-order valence-corrected chi connectivity index (χ4v) is 3.92. The van der Waals surface area contributed by atoms with Crippen LogP contribution in [0, 0.1) is 13.8 Å². The Balaban J connectivity index is 1.84. The second-order valence-electron chi connectivity index (χ2n) is 5.99. The largest absolute Gasteiger partial charge is 0.481 e. The quantitative estimate of drug-likeness (QED) is 0.382. The predicted molar refractivity (Wildman–Crippen MR) is 112 cm³/mol. The molecule has 2 aromatic carbocycles. The van der Waals surface area contributed by atoms with Crippen LogP contribution in [0.15, 0.2) is 52.5 Å². The molecule has 0 unspecified atom stereocenters. The number of nitrogens with one attached hydrogen (secondary N) is 1. The van der Waals surface area contributed by atoms with E-state index in [-0.39, 0.29) is 0 Å². The maximum atomic E-state index is 6.46. The molecule has 0 aliphatic carbocycles. The molecule has 0 bridgehead atoms. The van der Waals surface area contributed by atoms with Gasteiger partial charge in [-0.15, -0.1) is 0 Å². The van der Waals surface area contributed by atoms with Crippen LogP contribution in [0.5, 0.6) is 5.88 Å². The van der Waals surface area contributed by atoms with E-state index in [0.29, 0.717) is 27.8 Å². The van der Waals surface area contributed by atoms with Crippen LogP contribution in [-0.4, -0.2) is 17.1 Å². The highest BCUT2D eigenvalue weighted by atomic mass is 35.5. The van der Waals surface area contributed by atoms with Crippen molar-refractivity contribution in [2.45, 2.75) is 30.4 Å². The summed E-state index contributed by atoms with van der Waals surface area (Å²) in [6.07, 6.45) is 0. The van der Waals surface area contributed by atoms with E-state index in [4.69, 9.17) is 27.9 Å². The molecule has 1 heterocycles. The van der Waals surface area contributed by atoms with Crippen LogP contribution < -0.4 is 10.1 Å². The number of halogens is 2. The number of aromatic nitrogens is 2. The minimum Gasteiger partial charge on any atom is -0.481 e. The van der Waals surface area contributed by atoms with Crippen LogP contribution in [0.25, 0.3) is 0 Å². The molecule has 0 saturated heterocycles. The first-order valence-corrected chi connectivity index (χ1v) is 9.88. The van der Waals surface area contributed by atoms with Gasteiger partial charge in [-0.05, 0) is 61.0 Å². The van der Waals surface area contributed by atoms with Gasteiger partial charge in [0.25, 0.3) is 0 Å². The summed E-state index contributed by atoms with van der Waals surface area (Å²) in [7, 11) is 1.55. The number of benzene rings is 2. The Labute approximate surface area is 173 Å². The third kappa shape index (κ3) is 5.06. The van der Waals surface area contributed by atoms with Gasteiger partial charge in [0.05, 0.1) is 7.11 Å². The maximum absolute atomic E-state index is 6.46. The van der Waals surface area contributed by atoms with Crippen molar-refractivity contribution >= 4 is 40.7 Å². The van der Waals surface area contributed by atoms with Gasteiger partial charge in [0.2, 0.25) is 5.88 Å². The molecule has 3 rings (SSSR count). The summed E-state index contributed by atoms with van der Waals surface area (Å²) in [5.41, 5.74) is 4.54. The number of hydrogen-bond acceptors (Lipinski definition) is 5. The van der Waals surface area contributed by atoms with Crippen LogP contribution in [-0.2, 0) is 6.54 Å². The summed E-state index contributed by atoms with van der Waals surface area (Å²) in [5, 5.41) is 4.97. The lowest BCUT2D eigenvalue weighted by Crippen LogP contribution is -2.03. The molecule has 7 heteroatoms. The molecule has 1 aromatic heterocycles. The number of methoxy groups -OCH3 is 1. The second kappa shape index (κ2) is 8.83. The molecule has 0 spiro atoms. The highest BCUT2D eigenvalue weighted by molar-refractivity contribution is 7.99. The molecule has 0 radical (unpaired) electrons. The first-order valence-electron chi connectivity index (χ1n) is 8.31. The van der Waals surface area contributed by atoms with E-state index >= 15 is 0 Å². The lowest BCUT2D eigenvalue weighted by molar-refractivity contribution is 0.392. The molecule has 0 fully saturated rings. The van der Waals surface area contributed by atoms with Gasteiger partial charge in [-0.2, -0.15) is 4.98 Å². The molecular formula is C20H19Cl2N3OS. The number of nitrogens with zero attached hydrogens (tertiary/aromatic N) is 2. The van der Waals surface area contributed by atoms with Crippen molar-refractivity contribution < 1.29 is 4.74 Å². The summed E-state index contributed by atoms with van der Waals surface area (Å²) in [4.78, 5) is 9.56. The SMILES string of the molecule is COc1cc(Cl)nc(Sc2cccc(Cl)c2CNc2ccc(C)c(C)c2)n1. The number of hydrogen-bond donors (Lipinski definition) is 1. The zero-order valence-corrected chi connectivity index (χ0v) is 17.5. The second-order valence-corrected chi connectivity index (χ2v) is 7.79. The van der Waals surface area contributed by atoms with Crippen LogP contribution in [0.2, 0.25) is 10.2 Å². The van der Waals surface area contributed by atoms with E-state index in [2.05, 4.69) is 47.3 Å². The van der Waals surface area contributed by atoms with E-state index in [9.17, 15) is 0 Å². The summed E-state index contributed by atoms with van der Waals surface area (Å²) < 4.78 is 5.17. The van der Waals surface area contributed by atoms with Crippen molar-refractivity contribution in [2.75, 3.05) is 12.4 Å². The summed E-state index contributed by atoms with van der Waals surface area (Å²) in [5.74, 6) is 0.425. The van der Waals surface area contributed by atoms with E-state index in [1.807, 2.05) is 18.2 Å². The zero-order chi connectivity index (χ0) is 19.4. The first kappa shape index (κ1) is 19.8. The fraction of sp³-hybridized carbons (Fsp3) is 0.200. The van der Waals surface area contributed by atoms with E-state index in [0.717, 1.165) is 16.1 Å². The minimum atomic E-state index is 0.334. The van der Waals surface area contributed by atoms with Crippen LogP contribution in [0.1, 0.15) is 16.7 Å². The molecule has 3 aromatic rings. The van der Waals surface area contributed by atoms with Crippen molar-refractivity contribution in [1.82, 2.24) is 9.97 Å². The van der Waals surface area contributed by atoms with Crippen molar-refractivity contribution in [2.24, 2.45) is 0 Å². The first-order chi connectivity index (χ1) is 13.0. The smallest absolute Gasteiger partial charge is 0.218 e. The Kier molecular flexibility index (Phi) is 6.47. The number of ether oxygens (including phenoxy) is 1. The monoisotopic (exact) mass is 419 g/mol. The van der Waals surface area contributed by atoms with Crippen molar-refractivity contribution in [3.8, 4) is 5.88 Å². The molecule has 0 atom stereocenters. The third-order valence-electron chi connectivity index (χ3n) is 4.11. The molecule has 140 valence electrons. The van der Waals surface area contributed by atoms with Crippen molar-refractivity contribution in [3.63, 3.8) is 0 Å². The van der Waals surface area contributed by atoms with Crippen LogP contribution in [0.3, 0.4) is 0 Å². The number of anilines is 1. The molecule has 1 N–H and O–H groups in total. The van der Waals surface area contributed by atoms with Gasteiger partial charge in [0.1, 0.15) is 5.15 Å². The van der Waals surface area contributed by atoms with Gasteiger partial charge >= 0.3 is 0 Å². The standard InChI is InChI=1S/C20H19Cl2N3OS/c1-12-7-8-14(9-13(12)2)23-11-15-16(21)5-4-6-17(15)27-20-24-18(22)10-19(25-20)26-3/h4-10,23H,11H2,1-3H3. The summed E-state index contributed by atoms with van der Waals surface area (Å²) >= 11 is 13.9. The van der Waals surface area contributed by atoms with Crippen molar-refractivity contribution in [3.05, 3.63) is 69.3 Å². The predicted octanol–water partition coefficient (Wildman–Crippen LogP) is 6.17. The van der Waals surface area contributed by atoms with Crippen LogP contribution in [0.4, 0.5) is 5.69 Å². The maximum Gasteiger partial charge on any atom is 0.218 e. The fourth-order valence-electron chi connectivity index (χ4n) is 2.47. The Morgan fingerprint density at radius 1 is 1.04 bits per heavy atom. The van der Waals surface area contributed by atoms with Gasteiger partial charge in [0, 0.05) is 33.8 Å². The van der Waals surface area contributed by atoms with E-state index in [1.54, 1.807) is 13.2 Å². The average Bonchev–Trinajstić information content (AvgIpc) is 2.63. The lowest BCUT2D eigenvalue weighted by Gasteiger charge is -2.13. The third-order valence-corrected chi connectivity index (χ3v) is 5.63. The highest BCUT2D eigenvalue weighted by Crippen LogP contribution is 2.34. The summed E-state index contributed by atoms with van der Waals surface area (Å²) in [6, 6.07) is 13.7. The summed E-state index contributed by atoms with van der Waals surface area (Å²) in [6.45, 7) is 4.78. The van der Waals surface area contributed by atoms with Gasteiger partial charge in [-0.25, -0.2) is 4.98 Å². The van der Waals surface area contributed by atoms with E-state index < -0.39 is 0 Å². The van der Waals surface area contributed by atoms with Crippen LogP contribution >= 0.6 is 35.0 Å². The Morgan fingerprint density at radius 3 is 2.59 bits per heavy atom. The normalized spacial score (nSPS) is 10.7. The number of rotatable bonds is 6. The van der Waals surface area contributed by atoms with Gasteiger partial charge < -0.3 is 10.1 Å². The Hall–Kier alpha value is -1.95. The molecule has 0 amide bonds. The molecule has 0 aliphatic rings. The molecule has 0 saturated carbocycles. The number of aryl methyl sites for hydroxylation is 2. The molecular weight excluding hydrogens is 401 g/mol. The van der Waals surface area contributed by atoms with Crippen molar-refractivity contribution in [1.29, 1.82) is 0 Å². The molecule has 0 aliphatic heterocycles. The lowest BCUT2D eigenvalue weighted by atomic mass is 10.1. The highest BCUT2D eigenvalue weighted by Gasteiger charge is 2.12. The molecule has 27 heavy (non-hydrogen) atoms. The molecule has 4 nitrogen and oxygen atoms in total. The van der Waals surface area contributed by atoms with E-state index in [1.165, 1.54) is 22.9 Å². The topological polar surface area (TPSA) is 47.0 Å². The average molecular weight is 420 g/mol. The Morgan fingerprint density at radius 2 is 1.85 bits per heavy atom. The van der Waals surface area contributed by atoms with Gasteiger partial charge in [-0.3, -0.25) is 0 Å². The minimum absolute atomic E-state index is 0.334. The zero-order valence-electron chi connectivity index (χ0n) is 15.2. The van der Waals surface area contributed by atoms with Gasteiger partial charge in [-0.1, -0.05) is 35.3 Å².